The Hall–Kier alpha value is -0.650. The van der Waals surface area contributed by atoms with Gasteiger partial charge in [-0.15, -0.1) is 0 Å². The minimum atomic E-state index is -0.269. The Morgan fingerprint density at radius 2 is 2.00 bits per heavy atom. The van der Waals surface area contributed by atoms with Crippen LogP contribution in [0.15, 0.2) is 0 Å². The lowest BCUT2D eigenvalue weighted by molar-refractivity contribution is -0.147. The van der Waals surface area contributed by atoms with Crippen molar-refractivity contribution in [3.63, 3.8) is 0 Å². The van der Waals surface area contributed by atoms with E-state index in [4.69, 9.17) is 10.5 Å². The third-order valence-electron chi connectivity index (χ3n) is 2.99. The first kappa shape index (κ1) is 12.4. The van der Waals surface area contributed by atoms with Gasteiger partial charge in [0, 0.05) is 32.7 Å². The first-order valence-corrected chi connectivity index (χ1v) is 5.47. The Morgan fingerprint density at radius 1 is 1.40 bits per heavy atom. The highest BCUT2D eigenvalue weighted by Crippen LogP contribution is 2.06. The number of nitrogens with zero attached hydrogens (tertiary/aromatic N) is 2. The summed E-state index contributed by atoms with van der Waals surface area (Å²) in [6, 6.07) is -0.269. The second-order valence-electron chi connectivity index (χ2n) is 3.74. The molecule has 0 radical (unpaired) electrons. The lowest BCUT2D eigenvalue weighted by Crippen LogP contribution is -2.55. The van der Waals surface area contributed by atoms with Gasteiger partial charge >= 0.3 is 5.97 Å². The summed E-state index contributed by atoms with van der Waals surface area (Å²) in [5.74, 6) is -0.220. The molecule has 5 nitrogen and oxygen atoms in total. The van der Waals surface area contributed by atoms with Gasteiger partial charge in [-0.3, -0.25) is 9.69 Å². The maximum atomic E-state index is 11.4. The Balaban J connectivity index is 2.46. The first-order chi connectivity index (χ1) is 7.22. The van der Waals surface area contributed by atoms with Crippen LogP contribution in [0.5, 0.6) is 0 Å². The molecular weight excluding hydrogens is 194 g/mol. The van der Waals surface area contributed by atoms with Gasteiger partial charge in [-0.1, -0.05) is 6.92 Å². The van der Waals surface area contributed by atoms with Crippen molar-refractivity contribution >= 4 is 5.97 Å². The zero-order chi connectivity index (χ0) is 11.3. The van der Waals surface area contributed by atoms with Gasteiger partial charge in [0.25, 0.3) is 0 Å². The zero-order valence-electron chi connectivity index (χ0n) is 9.61. The van der Waals surface area contributed by atoms with E-state index < -0.39 is 0 Å². The largest absolute Gasteiger partial charge is 0.468 e. The van der Waals surface area contributed by atoms with Gasteiger partial charge in [-0.05, 0) is 6.54 Å². The van der Waals surface area contributed by atoms with Crippen LogP contribution in [0.1, 0.15) is 6.92 Å². The third-order valence-corrected chi connectivity index (χ3v) is 2.99. The summed E-state index contributed by atoms with van der Waals surface area (Å²) < 4.78 is 4.74. The molecule has 0 saturated carbocycles. The number of esters is 1. The second-order valence-corrected chi connectivity index (χ2v) is 3.74. The molecule has 0 aromatic heterocycles. The molecule has 88 valence electrons. The number of hydrogen-bond donors (Lipinski definition) is 1. The third kappa shape index (κ3) is 3.15. The van der Waals surface area contributed by atoms with Gasteiger partial charge in [0.05, 0.1) is 7.11 Å². The minimum Gasteiger partial charge on any atom is -0.468 e. The first-order valence-electron chi connectivity index (χ1n) is 5.47. The highest BCUT2D eigenvalue weighted by atomic mass is 16.5. The van der Waals surface area contributed by atoms with E-state index in [0.29, 0.717) is 6.54 Å². The van der Waals surface area contributed by atoms with Gasteiger partial charge in [-0.25, -0.2) is 0 Å². The molecule has 0 aliphatic carbocycles. The Labute approximate surface area is 91.2 Å². The maximum absolute atomic E-state index is 11.4. The standard InChI is InChI=1S/C10H21N3O2/c1-3-12-4-6-13(7-5-12)9(8-11)10(14)15-2/h9H,3-8,11H2,1-2H3. The van der Waals surface area contributed by atoms with Crippen LogP contribution in [0.2, 0.25) is 0 Å². The quantitative estimate of drug-likeness (QED) is 0.617. The number of methoxy groups -OCH3 is 1. The SMILES string of the molecule is CCN1CCN(C(CN)C(=O)OC)CC1. The van der Waals surface area contributed by atoms with E-state index in [1.807, 2.05) is 0 Å². The lowest BCUT2D eigenvalue weighted by Gasteiger charge is -2.37. The molecule has 0 amide bonds. The second kappa shape index (κ2) is 6.05. The van der Waals surface area contributed by atoms with E-state index in [1.54, 1.807) is 0 Å². The lowest BCUT2D eigenvalue weighted by atomic mass is 10.2. The molecule has 0 spiro atoms. The fraction of sp³-hybridized carbons (Fsp3) is 0.900. The normalized spacial score (nSPS) is 21.3. The summed E-state index contributed by atoms with van der Waals surface area (Å²) in [5, 5.41) is 0. The molecule has 1 unspecified atom stereocenters. The molecule has 1 aliphatic heterocycles. The summed E-state index contributed by atoms with van der Waals surface area (Å²) in [6.07, 6.45) is 0. The van der Waals surface area contributed by atoms with Crippen molar-refractivity contribution in [3.8, 4) is 0 Å². The molecule has 1 atom stereocenters. The van der Waals surface area contributed by atoms with Crippen LogP contribution in [-0.2, 0) is 9.53 Å². The van der Waals surface area contributed by atoms with Crippen LogP contribution in [0.25, 0.3) is 0 Å². The van der Waals surface area contributed by atoms with Gasteiger partial charge in [0.1, 0.15) is 6.04 Å². The maximum Gasteiger partial charge on any atom is 0.324 e. The minimum absolute atomic E-state index is 0.220. The monoisotopic (exact) mass is 215 g/mol. The number of nitrogens with two attached hydrogens (primary N) is 1. The number of piperazine rings is 1. The summed E-state index contributed by atoms with van der Waals surface area (Å²) in [5.41, 5.74) is 5.59. The predicted octanol–water partition coefficient (Wildman–Crippen LogP) is -0.876. The van der Waals surface area contributed by atoms with Crippen LogP contribution >= 0.6 is 0 Å². The van der Waals surface area contributed by atoms with Crippen molar-refractivity contribution in [1.29, 1.82) is 0 Å². The molecule has 0 aromatic rings. The number of hydrogen-bond acceptors (Lipinski definition) is 5. The highest BCUT2D eigenvalue weighted by Gasteiger charge is 2.27. The Bertz CT molecular complexity index is 203. The van der Waals surface area contributed by atoms with Crippen LogP contribution < -0.4 is 5.73 Å². The van der Waals surface area contributed by atoms with Crippen LogP contribution in [0.4, 0.5) is 0 Å². The van der Waals surface area contributed by atoms with E-state index in [9.17, 15) is 4.79 Å². The van der Waals surface area contributed by atoms with Crippen LogP contribution in [-0.4, -0.2) is 68.2 Å². The molecule has 1 heterocycles. The number of rotatable bonds is 4. The van der Waals surface area contributed by atoms with Crippen molar-refractivity contribution in [2.45, 2.75) is 13.0 Å². The van der Waals surface area contributed by atoms with E-state index in [1.165, 1.54) is 7.11 Å². The van der Waals surface area contributed by atoms with Crippen molar-refractivity contribution in [2.24, 2.45) is 5.73 Å². The summed E-state index contributed by atoms with van der Waals surface area (Å²) in [4.78, 5) is 15.9. The molecule has 2 N–H and O–H groups in total. The zero-order valence-corrected chi connectivity index (χ0v) is 9.61. The Kier molecular flexibility index (Phi) is 5.01. The van der Waals surface area contributed by atoms with E-state index in [-0.39, 0.29) is 12.0 Å². The fourth-order valence-electron chi connectivity index (χ4n) is 1.92. The van der Waals surface area contributed by atoms with Crippen molar-refractivity contribution in [2.75, 3.05) is 46.4 Å². The predicted molar refractivity (Wildman–Crippen MR) is 58.5 cm³/mol. The summed E-state index contributed by atoms with van der Waals surface area (Å²) >= 11 is 0. The molecule has 1 rings (SSSR count). The van der Waals surface area contributed by atoms with Crippen molar-refractivity contribution in [3.05, 3.63) is 0 Å². The number of likely N-dealkylation sites (N-methyl/N-ethyl adjacent to an activating group) is 1. The average Bonchev–Trinajstić information content (AvgIpc) is 2.30. The van der Waals surface area contributed by atoms with Crippen molar-refractivity contribution < 1.29 is 9.53 Å². The topological polar surface area (TPSA) is 58.8 Å². The molecule has 15 heavy (non-hydrogen) atoms. The Morgan fingerprint density at radius 3 is 2.40 bits per heavy atom. The average molecular weight is 215 g/mol. The molecule has 1 saturated heterocycles. The van der Waals surface area contributed by atoms with E-state index in [2.05, 4.69) is 16.7 Å². The highest BCUT2D eigenvalue weighted by molar-refractivity contribution is 5.75. The van der Waals surface area contributed by atoms with Gasteiger partial charge < -0.3 is 15.4 Å². The molecule has 1 aliphatic rings. The van der Waals surface area contributed by atoms with E-state index in [0.717, 1.165) is 32.7 Å². The van der Waals surface area contributed by atoms with Gasteiger partial charge in [0.2, 0.25) is 0 Å². The van der Waals surface area contributed by atoms with Crippen LogP contribution in [0.3, 0.4) is 0 Å². The number of carbonyl (C=O) groups is 1. The van der Waals surface area contributed by atoms with E-state index >= 15 is 0 Å². The van der Waals surface area contributed by atoms with Crippen molar-refractivity contribution in [1.82, 2.24) is 9.80 Å². The molecular formula is C10H21N3O2. The number of carbonyl (C=O) groups excluding carboxylic acids is 1. The van der Waals surface area contributed by atoms with Gasteiger partial charge in [0.15, 0.2) is 0 Å². The fourth-order valence-corrected chi connectivity index (χ4v) is 1.92. The molecule has 0 aromatic carbocycles. The molecule has 0 bridgehead atoms. The van der Waals surface area contributed by atoms with Gasteiger partial charge in [-0.2, -0.15) is 0 Å². The summed E-state index contributed by atoms with van der Waals surface area (Å²) in [7, 11) is 1.41. The smallest absolute Gasteiger partial charge is 0.324 e. The molecule has 5 heteroatoms. The summed E-state index contributed by atoms with van der Waals surface area (Å²) in [6.45, 7) is 7.35. The number of ether oxygens (including phenoxy) is 1. The van der Waals surface area contributed by atoms with Crippen LogP contribution in [0, 0.1) is 0 Å². The molecule has 1 fully saturated rings.